The van der Waals surface area contributed by atoms with Crippen LogP contribution in [0.2, 0.25) is 0 Å². The van der Waals surface area contributed by atoms with Crippen LogP contribution in [0.3, 0.4) is 0 Å². The molecule has 1 atom stereocenters. The number of para-hydroxylation sites is 1. The maximum Gasteiger partial charge on any atom is 0.138 e. The zero-order valence-corrected chi connectivity index (χ0v) is 22.5. The summed E-state index contributed by atoms with van der Waals surface area (Å²) in [5, 5.41) is 3.92. The van der Waals surface area contributed by atoms with Gasteiger partial charge in [0.2, 0.25) is 0 Å². The molecule has 0 N–H and O–H groups in total. The molecule has 0 radical (unpaired) electrons. The van der Waals surface area contributed by atoms with Crippen molar-refractivity contribution in [2.45, 2.75) is 19.3 Å². The summed E-state index contributed by atoms with van der Waals surface area (Å²) in [6.07, 6.45) is 5.74. The second kappa shape index (κ2) is 8.79. The molecule has 2 nitrogen and oxygen atoms in total. The van der Waals surface area contributed by atoms with Crippen LogP contribution in [0.15, 0.2) is 115 Å². The molecule has 0 aliphatic heterocycles. The number of hydrogen-bond acceptors (Lipinski definition) is 2. The molecule has 3 heteroatoms. The maximum absolute atomic E-state index is 5.33. The van der Waals surface area contributed by atoms with Gasteiger partial charge in [-0.25, -0.2) is 4.98 Å². The Kier molecular flexibility index (Phi) is 5.07. The summed E-state index contributed by atoms with van der Waals surface area (Å²) in [6, 6.07) is 39.1. The summed E-state index contributed by atoms with van der Waals surface area (Å²) in [5.74, 6) is 1.47. The van der Waals surface area contributed by atoms with Crippen molar-refractivity contribution in [1.29, 1.82) is 0 Å². The van der Waals surface area contributed by atoms with Gasteiger partial charge < -0.3 is 0 Å². The van der Waals surface area contributed by atoms with Crippen molar-refractivity contribution in [3.8, 4) is 28.2 Å². The van der Waals surface area contributed by atoms with Gasteiger partial charge in [-0.1, -0.05) is 104 Å². The van der Waals surface area contributed by atoms with E-state index in [1.54, 1.807) is 0 Å². The van der Waals surface area contributed by atoms with E-state index in [9.17, 15) is 0 Å². The van der Waals surface area contributed by atoms with Gasteiger partial charge in [-0.2, -0.15) is 0 Å². The average molecular weight is 519 g/mol. The van der Waals surface area contributed by atoms with Gasteiger partial charge in [-0.05, 0) is 58.7 Å². The van der Waals surface area contributed by atoms with Crippen LogP contribution in [0, 0.1) is 0 Å². The highest BCUT2D eigenvalue weighted by Gasteiger charge is 2.23. The molecule has 0 amide bonds. The van der Waals surface area contributed by atoms with Crippen LogP contribution in [0.1, 0.15) is 29.7 Å². The minimum Gasteiger partial charge on any atom is -0.292 e. The lowest BCUT2D eigenvalue weighted by molar-refractivity contribution is 0.783. The fraction of sp³-hybridized carbons (Fsp3) is 0.0833. The van der Waals surface area contributed by atoms with Crippen molar-refractivity contribution in [2.24, 2.45) is 0 Å². The van der Waals surface area contributed by atoms with Gasteiger partial charge in [0.15, 0.2) is 0 Å². The largest absolute Gasteiger partial charge is 0.292 e. The Hall–Kier alpha value is -4.47. The molecule has 39 heavy (non-hydrogen) atoms. The fourth-order valence-electron chi connectivity index (χ4n) is 6.19. The summed E-state index contributed by atoms with van der Waals surface area (Å²) in [5.41, 5.74) is 8.39. The molecule has 0 saturated heterocycles. The quantitative estimate of drug-likeness (QED) is 0.227. The van der Waals surface area contributed by atoms with Gasteiger partial charge in [0, 0.05) is 21.2 Å². The van der Waals surface area contributed by atoms with Crippen LogP contribution >= 0.6 is 11.3 Å². The van der Waals surface area contributed by atoms with Gasteiger partial charge in [0.1, 0.15) is 5.82 Å². The Morgan fingerprint density at radius 3 is 2.26 bits per heavy atom. The first-order valence-electron chi connectivity index (χ1n) is 13.5. The lowest BCUT2D eigenvalue weighted by atomic mass is 9.91. The predicted molar refractivity (Wildman–Crippen MR) is 167 cm³/mol. The van der Waals surface area contributed by atoms with Gasteiger partial charge in [0.25, 0.3) is 0 Å². The Labute approximate surface area is 231 Å². The van der Waals surface area contributed by atoms with E-state index in [0.29, 0.717) is 5.92 Å². The number of pyridine rings is 1. The number of nitrogens with zero attached hydrogens (tertiary/aromatic N) is 2. The molecular weight excluding hydrogens is 492 g/mol. The van der Waals surface area contributed by atoms with Crippen molar-refractivity contribution >= 4 is 49.3 Å². The van der Waals surface area contributed by atoms with Crippen LogP contribution in [0.25, 0.3) is 66.2 Å². The highest BCUT2D eigenvalue weighted by molar-refractivity contribution is 7.21. The molecule has 3 heterocycles. The molecule has 1 unspecified atom stereocenters. The van der Waals surface area contributed by atoms with Crippen molar-refractivity contribution in [2.75, 3.05) is 0 Å². The SMILES string of the molecule is CC1CC=Cc2sc3c(ccc4c5ccccc5n(-c5cc(-c6ccccc6)cc(-c6ccccc6)n5)c43)c21. The molecule has 1 aliphatic rings. The number of allylic oxidation sites excluding steroid dienone is 1. The van der Waals surface area contributed by atoms with E-state index in [2.05, 4.69) is 133 Å². The van der Waals surface area contributed by atoms with Gasteiger partial charge in [0.05, 0.1) is 21.4 Å². The smallest absolute Gasteiger partial charge is 0.138 e. The third kappa shape index (κ3) is 3.50. The van der Waals surface area contributed by atoms with E-state index < -0.39 is 0 Å². The van der Waals surface area contributed by atoms with E-state index in [0.717, 1.165) is 23.5 Å². The summed E-state index contributed by atoms with van der Waals surface area (Å²) in [7, 11) is 0. The zero-order valence-electron chi connectivity index (χ0n) is 21.6. The lowest BCUT2D eigenvalue weighted by Gasteiger charge is -2.14. The molecule has 0 saturated carbocycles. The first kappa shape index (κ1) is 22.5. The van der Waals surface area contributed by atoms with Gasteiger partial charge in [-0.15, -0.1) is 11.3 Å². The summed E-state index contributed by atoms with van der Waals surface area (Å²) in [4.78, 5) is 6.72. The van der Waals surface area contributed by atoms with Crippen molar-refractivity contribution in [3.05, 3.63) is 126 Å². The number of fused-ring (bicyclic) bond motifs is 7. The van der Waals surface area contributed by atoms with Crippen LogP contribution in [-0.2, 0) is 0 Å². The molecule has 0 spiro atoms. The Morgan fingerprint density at radius 2 is 1.44 bits per heavy atom. The van der Waals surface area contributed by atoms with E-state index >= 15 is 0 Å². The zero-order chi connectivity index (χ0) is 25.9. The third-order valence-electron chi connectivity index (χ3n) is 8.03. The monoisotopic (exact) mass is 518 g/mol. The van der Waals surface area contributed by atoms with Crippen LogP contribution in [-0.4, -0.2) is 9.55 Å². The van der Waals surface area contributed by atoms with Crippen LogP contribution in [0.5, 0.6) is 0 Å². The molecule has 0 fully saturated rings. The standard InChI is InChI=1S/C36H26N2S/c1-23-11-10-18-32-34(23)29-20-19-28-27-16-8-9-17-31(27)38(35(28)36(29)39-32)33-22-26(24-12-4-2-5-13-24)21-30(37-33)25-14-6-3-7-15-25/h2-10,12-23H,11H2,1H3. The molecular formula is C36H26N2S. The van der Waals surface area contributed by atoms with E-state index in [1.807, 2.05) is 11.3 Å². The molecule has 7 aromatic rings. The Balaban J connectivity index is 1.50. The summed E-state index contributed by atoms with van der Waals surface area (Å²) in [6.45, 7) is 2.35. The fourth-order valence-corrected chi connectivity index (χ4v) is 7.58. The van der Waals surface area contributed by atoms with E-state index in [1.165, 1.54) is 53.5 Å². The first-order valence-corrected chi connectivity index (χ1v) is 14.4. The summed E-state index contributed by atoms with van der Waals surface area (Å²) >= 11 is 1.92. The molecule has 3 aromatic heterocycles. The molecule has 8 rings (SSSR count). The number of benzene rings is 4. The second-order valence-corrected chi connectivity index (χ2v) is 11.5. The number of rotatable bonds is 3. The minimum atomic E-state index is 0.526. The Bertz CT molecular complexity index is 1990. The predicted octanol–water partition coefficient (Wildman–Crippen LogP) is 10.2. The number of aromatic nitrogens is 2. The molecule has 1 aliphatic carbocycles. The first-order chi connectivity index (χ1) is 19.3. The summed E-state index contributed by atoms with van der Waals surface area (Å²) < 4.78 is 3.75. The third-order valence-corrected chi connectivity index (χ3v) is 9.22. The van der Waals surface area contributed by atoms with Crippen molar-refractivity contribution < 1.29 is 0 Å². The number of hydrogen-bond donors (Lipinski definition) is 0. The highest BCUT2D eigenvalue weighted by atomic mass is 32.1. The van der Waals surface area contributed by atoms with Crippen molar-refractivity contribution in [3.63, 3.8) is 0 Å². The Morgan fingerprint density at radius 1 is 0.718 bits per heavy atom. The highest BCUT2D eigenvalue weighted by Crippen LogP contribution is 2.46. The van der Waals surface area contributed by atoms with Crippen LogP contribution in [0.4, 0.5) is 0 Å². The van der Waals surface area contributed by atoms with Gasteiger partial charge in [-0.3, -0.25) is 4.57 Å². The van der Waals surface area contributed by atoms with Crippen LogP contribution < -0.4 is 0 Å². The molecule has 186 valence electrons. The maximum atomic E-state index is 5.33. The average Bonchev–Trinajstić information content (AvgIpc) is 3.55. The lowest BCUT2D eigenvalue weighted by Crippen LogP contribution is -2.00. The second-order valence-electron chi connectivity index (χ2n) is 10.4. The van der Waals surface area contributed by atoms with E-state index in [4.69, 9.17) is 4.98 Å². The van der Waals surface area contributed by atoms with Crippen molar-refractivity contribution in [1.82, 2.24) is 9.55 Å². The normalized spacial score (nSPS) is 14.8. The molecule has 0 bridgehead atoms. The van der Waals surface area contributed by atoms with Gasteiger partial charge >= 0.3 is 0 Å². The number of thiophene rings is 1. The minimum absolute atomic E-state index is 0.526. The molecule has 4 aromatic carbocycles. The van der Waals surface area contributed by atoms with E-state index in [-0.39, 0.29) is 0 Å². The topological polar surface area (TPSA) is 17.8 Å².